The Labute approximate surface area is 168 Å². The zero-order valence-electron chi connectivity index (χ0n) is 15.5. The number of anilines is 1. The van der Waals surface area contributed by atoms with Gasteiger partial charge in [-0.1, -0.05) is 18.2 Å². The third kappa shape index (κ3) is 3.80. The molecule has 146 valence electrons. The number of aromatic nitrogens is 1. The summed E-state index contributed by atoms with van der Waals surface area (Å²) in [5.74, 6) is -0.0968. The summed E-state index contributed by atoms with van der Waals surface area (Å²) < 4.78 is 27.5. The Hall–Kier alpha value is -2.29. The van der Waals surface area contributed by atoms with Crippen molar-refractivity contribution in [1.29, 1.82) is 0 Å². The van der Waals surface area contributed by atoms with Crippen LogP contribution in [0.15, 0.2) is 52.7 Å². The van der Waals surface area contributed by atoms with E-state index >= 15 is 0 Å². The summed E-state index contributed by atoms with van der Waals surface area (Å²) in [4.78, 5) is 18.2. The molecule has 1 aliphatic heterocycles. The van der Waals surface area contributed by atoms with E-state index in [1.807, 2.05) is 37.3 Å². The van der Waals surface area contributed by atoms with E-state index in [0.29, 0.717) is 29.4 Å². The van der Waals surface area contributed by atoms with Crippen LogP contribution in [0, 0.1) is 12.8 Å². The number of para-hydroxylation sites is 1. The van der Waals surface area contributed by atoms with Gasteiger partial charge in [0.15, 0.2) is 0 Å². The molecule has 1 saturated heterocycles. The van der Waals surface area contributed by atoms with E-state index in [4.69, 9.17) is 0 Å². The van der Waals surface area contributed by atoms with E-state index in [2.05, 4.69) is 10.3 Å². The maximum atomic E-state index is 12.9. The molecular formula is C20H21N3O3S2. The summed E-state index contributed by atoms with van der Waals surface area (Å²) in [6.45, 7) is 2.52. The monoisotopic (exact) mass is 415 g/mol. The minimum Gasteiger partial charge on any atom is -0.310 e. The number of thiophene rings is 1. The van der Waals surface area contributed by atoms with Gasteiger partial charge in [0.2, 0.25) is 5.91 Å². The summed E-state index contributed by atoms with van der Waals surface area (Å²) >= 11 is 1.26. The number of benzene rings is 1. The maximum absolute atomic E-state index is 12.9. The number of fused-ring (bicyclic) bond motifs is 1. The van der Waals surface area contributed by atoms with Crippen molar-refractivity contribution in [2.24, 2.45) is 5.92 Å². The summed E-state index contributed by atoms with van der Waals surface area (Å²) in [7, 11) is -3.55. The maximum Gasteiger partial charge on any atom is 0.252 e. The molecule has 3 heterocycles. The number of amides is 1. The number of pyridine rings is 1. The van der Waals surface area contributed by atoms with Crippen LogP contribution in [0.4, 0.5) is 5.82 Å². The smallest absolute Gasteiger partial charge is 0.252 e. The van der Waals surface area contributed by atoms with E-state index in [1.165, 1.54) is 15.6 Å². The van der Waals surface area contributed by atoms with Crippen LogP contribution in [-0.2, 0) is 14.8 Å². The quantitative estimate of drug-likeness (QED) is 0.705. The minimum atomic E-state index is -3.55. The van der Waals surface area contributed by atoms with Gasteiger partial charge in [0, 0.05) is 23.4 Å². The van der Waals surface area contributed by atoms with Gasteiger partial charge in [-0.05, 0) is 50.1 Å². The number of carbonyl (C=O) groups excluding carboxylic acids is 1. The highest BCUT2D eigenvalue weighted by molar-refractivity contribution is 7.91. The van der Waals surface area contributed by atoms with E-state index in [-0.39, 0.29) is 12.5 Å². The van der Waals surface area contributed by atoms with Gasteiger partial charge < -0.3 is 5.32 Å². The van der Waals surface area contributed by atoms with Crippen molar-refractivity contribution in [2.75, 3.05) is 18.4 Å². The standard InChI is InChI=1S/C20H21N3O3S2/c1-14-8-11-19(27-14)28(25,26)23-12-4-6-16(13-23)20(24)22-18-10-9-15-5-2-3-7-17(15)21-18/h2-3,5,7-11,16H,4,6,12-13H2,1H3,(H,21,22,24). The zero-order chi connectivity index (χ0) is 19.7. The molecule has 1 N–H and O–H groups in total. The van der Waals surface area contributed by atoms with Gasteiger partial charge in [-0.25, -0.2) is 13.4 Å². The highest BCUT2D eigenvalue weighted by Gasteiger charge is 2.34. The lowest BCUT2D eigenvalue weighted by atomic mass is 9.99. The third-order valence-electron chi connectivity index (χ3n) is 4.91. The summed E-state index contributed by atoms with van der Waals surface area (Å²) in [6.07, 6.45) is 1.32. The van der Waals surface area contributed by atoms with Crippen molar-refractivity contribution in [3.8, 4) is 0 Å². The average molecular weight is 416 g/mol. The van der Waals surface area contributed by atoms with Gasteiger partial charge >= 0.3 is 0 Å². The second kappa shape index (κ2) is 7.62. The van der Waals surface area contributed by atoms with Crippen LogP contribution in [0.25, 0.3) is 10.9 Å². The van der Waals surface area contributed by atoms with E-state index < -0.39 is 15.9 Å². The lowest BCUT2D eigenvalue weighted by Gasteiger charge is -2.30. The Morgan fingerprint density at radius 2 is 2.00 bits per heavy atom. The second-order valence-electron chi connectivity index (χ2n) is 6.95. The molecule has 8 heteroatoms. The van der Waals surface area contributed by atoms with Crippen molar-refractivity contribution >= 4 is 44.0 Å². The predicted octanol–water partition coefficient (Wildman–Crippen LogP) is 3.64. The number of nitrogens with one attached hydrogen (secondary N) is 1. The highest BCUT2D eigenvalue weighted by atomic mass is 32.2. The number of sulfonamides is 1. The molecule has 0 aliphatic carbocycles. The molecule has 0 bridgehead atoms. The van der Waals surface area contributed by atoms with Gasteiger partial charge in [-0.2, -0.15) is 4.31 Å². The molecule has 28 heavy (non-hydrogen) atoms. The Bertz CT molecular complexity index is 1120. The van der Waals surface area contributed by atoms with Gasteiger partial charge in [0.05, 0.1) is 11.4 Å². The molecule has 1 unspecified atom stereocenters. The average Bonchev–Trinajstić information content (AvgIpc) is 3.15. The molecule has 1 fully saturated rings. The summed E-state index contributed by atoms with van der Waals surface area (Å²) in [5.41, 5.74) is 0.807. The fraction of sp³-hybridized carbons (Fsp3) is 0.300. The van der Waals surface area contributed by atoms with Crippen LogP contribution in [0.2, 0.25) is 0 Å². The predicted molar refractivity (Wildman–Crippen MR) is 111 cm³/mol. The Balaban J connectivity index is 1.48. The van der Waals surface area contributed by atoms with Gasteiger partial charge in [0.1, 0.15) is 10.0 Å². The Morgan fingerprint density at radius 1 is 1.18 bits per heavy atom. The molecule has 1 amide bonds. The minimum absolute atomic E-state index is 0.190. The molecule has 1 atom stereocenters. The Kier molecular flexibility index (Phi) is 5.18. The van der Waals surface area contributed by atoms with Crippen LogP contribution < -0.4 is 5.32 Å². The summed E-state index contributed by atoms with van der Waals surface area (Å²) in [6, 6.07) is 14.8. The fourth-order valence-corrected chi connectivity index (χ4v) is 6.38. The SMILES string of the molecule is Cc1ccc(S(=O)(=O)N2CCCC(C(=O)Nc3ccc4ccccc4n3)C2)s1. The first-order valence-electron chi connectivity index (χ1n) is 9.17. The van der Waals surface area contributed by atoms with Crippen molar-refractivity contribution in [3.63, 3.8) is 0 Å². The normalized spacial score (nSPS) is 18.2. The lowest BCUT2D eigenvalue weighted by molar-refractivity contribution is -0.120. The first-order valence-corrected chi connectivity index (χ1v) is 11.4. The number of hydrogen-bond acceptors (Lipinski definition) is 5. The number of hydrogen-bond donors (Lipinski definition) is 1. The van der Waals surface area contributed by atoms with Crippen LogP contribution in [0.1, 0.15) is 17.7 Å². The molecule has 1 aromatic carbocycles. The lowest BCUT2D eigenvalue weighted by Crippen LogP contribution is -2.43. The van der Waals surface area contributed by atoms with Crippen LogP contribution in [0.3, 0.4) is 0 Å². The van der Waals surface area contributed by atoms with Crippen molar-refractivity contribution in [2.45, 2.75) is 24.0 Å². The Morgan fingerprint density at radius 3 is 2.79 bits per heavy atom. The molecule has 2 aromatic heterocycles. The van der Waals surface area contributed by atoms with Gasteiger partial charge in [-0.15, -0.1) is 11.3 Å². The molecular weight excluding hydrogens is 394 g/mol. The molecule has 4 rings (SSSR count). The molecule has 0 spiro atoms. The molecule has 0 radical (unpaired) electrons. The fourth-order valence-electron chi connectivity index (χ4n) is 3.42. The number of rotatable bonds is 4. The number of carbonyl (C=O) groups is 1. The van der Waals surface area contributed by atoms with E-state index in [1.54, 1.807) is 18.2 Å². The van der Waals surface area contributed by atoms with Crippen LogP contribution >= 0.6 is 11.3 Å². The first-order chi connectivity index (χ1) is 13.4. The van der Waals surface area contributed by atoms with E-state index in [9.17, 15) is 13.2 Å². The molecule has 0 saturated carbocycles. The van der Waals surface area contributed by atoms with Gasteiger partial charge in [-0.3, -0.25) is 4.79 Å². The van der Waals surface area contributed by atoms with Crippen molar-refractivity contribution in [1.82, 2.24) is 9.29 Å². The molecule has 6 nitrogen and oxygen atoms in total. The van der Waals surface area contributed by atoms with Crippen LogP contribution in [-0.4, -0.2) is 36.7 Å². The first kappa shape index (κ1) is 19.0. The summed E-state index contributed by atoms with van der Waals surface area (Å²) in [5, 5.41) is 3.85. The number of aryl methyl sites for hydroxylation is 1. The zero-order valence-corrected chi connectivity index (χ0v) is 17.1. The highest BCUT2D eigenvalue weighted by Crippen LogP contribution is 2.28. The van der Waals surface area contributed by atoms with Crippen molar-refractivity contribution in [3.05, 3.63) is 53.4 Å². The van der Waals surface area contributed by atoms with Crippen LogP contribution in [0.5, 0.6) is 0 Å². The number of piperidine rings is 1. The largest absolute Gasteiger partial charge is 0.310 e. The molecule has 3 aromatic rings. The third-order valence-corrected chi connectivity index (χ3v) is 8.25. The van der Waals surface area contributed by atoms with Crippen molar-refractivity contribution < 1.29 is 13.2 Å². The second-order valence-corrected chi connectivity index (χ2v) is 10.4. The van der Waals surface area contributed by atoms with Gasteiger partial charge in [0.25, 0.3) is 10.0 Å². The topological polar surface area (TPSA) is 79.4 Å². The number of nitrogens with zero attached hydrogens (tertiary/aromatic N) is 2. The van der Waals surface area contributed by atoms with E-state index in [0.717, 1.165) is 15.8 Å². The molecule has 1 aliphatic rings.